The Morgan fingerprint density at radius 2 is 2.21 bits per heavy atom. The highest BCUT2D eigenvalue weighted by atomic mass is 16.5. The summed E-state index contributed by atoms with van der Waals surface area (Å²) in [5.41, 5.74) is 7.16. The Morgan fingerprint density at radius 1 is 1.42 bits per heavy atom. The number of amides is 1. The zero-order chi connectivity index (χ0) is 16.9. The minimum atomic E-state index is -0.295. The molecular formula is C17H21N5O2. The van der Waals surface area contributed by atoms with Gasteiger partial charge in [0, 0.05) is 19.3 Å². The molecule has 1 fully saturated rings. The molecule has 2 atom stereocenters. The molecule has 3 rings (SSSR count). The van der Waals surface area contributed by atoms with Crippen LogP contribution >= 0.6 is 0 Å². The number of nitrogens with two attached hydrogens (primary N) is 1. The Kier molecular flexibility index (Phi) is 5.02. The first-order valence-electron chi connectivity index (χ1n) is 7.87. The van der Waals surface area contributed by atoms with Crippen LogP contribution in [0.1, 0.15) is 22.0 Å². The van der Waals surface area contributed by atoms with E-state index < -0.39 is 0 Å². The smallest absolute Gasteiger partial charge is 0.256 e. The Balaban J connectivity index is 1.71. The first kappa shape index (κ1) is 16.4. The zero-order valence-corrected chi connectivity index (χ0v) is 13.6. The second-order valence-electron chi connectivity index (χ2n) is 5.78. The van der Waals surface area contributed by atoms with Gasteiger partial charge in [0.25, 0.3) is 5.91 Å². The predicted octanol–water partition coefficient (Wildman–Crippen LogP) is 0.861. The maximum atomic E-state index is 12.3. The van der Waals surface area contributed by atoms with Crippen LogP contribution in [0.2, 0.25) is 0 Å². The van der Waals surface area contributed by atoms with Gasteiger partial charge in [-0.2, -0.15) is 0 Å². The molecule has 0 radical (unpaired) electrons. The number of ether oxygens (including phenoxy) is 1. The quantitative estimate of drug-likeness (QED) is 0.865. The van der Waals surface area contributed by atoms with E-state index in [9.17, 15) is 4.79 Å². The van der Waals surface area contributed by atoms with Gasteiger partial charge in [0.05, 0.1) is 24.3 Å². The van der Waals surface area contributed by atoms with Crippen LogP contribution in [0.4, 0.5) is 5.82 Å². The minimum Gasteiger partial charge on any atom is -0.383 e. The molecule has 2 aromatic rings. The molecule has 0 saturated carbocycles. The third kappa shape index (κ3) is 3.52. The standard InChI is InChI=1S/C17H21N5O2/c1-22-7-8-24-14(15(22)12-5-3-2-4-6-12)10-20-17(23)13-9-19-11-21-16(13)18/h2-6,9,11,14-15H,7-8,10H2,1H3,(H,20,23)(H2,18,19,21)/t14-,15-/m0/s1. The summed E-state index contributed by atoms with van der Waals surface area (Å²) in [5, 5.41) is 2.88. The summed E-state index contributed by atoms with van der Waals surface area (Å²) in [4.78, 5) is 22.2. The van der Waals surface area contributed by atoms with Crippen LogP contribution in [0.5, 0.6) is 0 Å². The van der Waals surface area contributed by atoms with E-state index in [1.165, 1.54) is 18.1 Å². The van der Waals surface area contributed by atoms with Crippen molar-refractivity contribution < 1.29 is 9.53 Å². The van der Waals surface area contributed by atoms with E-state index in [1.54, 1.807) is 0 Å². The number of aromatic nitrogens is 2. The summed E-state index contributed by atoms with van der Waals surface area (Å²) < 4.78 is 5.91. The number of nitrogen functional groups attached to an aromatic ring is 1. The number of carbonyl (C=O) groups is 1. The fourth-order valence-electron chi connectivity index (χ4n) is 2.95. The fraction of sp³-hybridized carbons (Fsp3) is 0.353. The monoisotopic (exact) mass is 327 g/mol. The molecule has 1 aromatic carbocycles. The van der Waals surface area contributed by atoms with E-state index in [-0.39, 0.29) is 29.4 Å². The Morgan fingerprint density at radius 3 is 2.96 bits per heavy atom. The van der Waals surface area contributed by atoms with Gasteiger partial charge in [-0.1, -0.05) is 30.3 Å². The largest absolute Gasteiger partial charge is 0.383 e. The normalized spacial score (nSPS) is 21.4. The molecule has 1 aliphatic heterocycles. The lowest BCUT2D eigenvalue weighted by Gasteiger charge is -2.39. The summed E-state index contributed by atoms with van der Waals surface area (Å²) in [6.45, 7) is 1.87. The highest BCUT2D eigenvalue weighted by molar-refractivity contribution is 5.97. The van der Waals surface area contributed by atoms with Gasteiger partial charge in [0.1, 0.15) is 12.1 Å². The van der Waals surface area contributed by atoms with Crippen LogP contribution in [0, 0.1) is 0 Å². The fourth-order valence-corrected chi connectivity index (χ4v) is 2.95. The summed E-state index contributed by atoms with van der Waals surface area (Å²) >= 11 is 0. The lowest BCUT2D eigenvalue weighted by atomic mass is 9.98. The van der Waals surface area contributed by atoms with Crippen molar-refractivity contribution in [2.45, 2.75) is 12.1 Å². The molecule has 3 N–H and O–H groups in total. The first-order valence-corrected chi connectivity index (χ1v) is 7.87. The van der Waals surface area contributed by atoms with E-state index in [4.69, 9.17) is 10.5 Å². The van der Waals surface area contributed by atoms with Crippen LogP contribution in [-0.2, 0) is 4.74 Å². The molecule has 0 aliphatic carbocycles. The molecule has 24 heavy (non-hydrogen) atoms. The Labute approximate surface area is 140 Å². The van der Waals surface area contributed by atoms with E-state index in [2.05, 4.69) is 39.4 Å². The van der Waals surface area contributed by atoms with Crippen molar-refractivity contribution in [3.8, 4) is 0 Å². The van der Waals surface area contributed by atoms with Crippen molar-refractivity contribution >= 4 is 11.7 Å². The first-order chi connectivity index (χ1) is 11.7. The summed E-state index contributed by atoms with van der Waals surface area (Å²) in [6, 6.07) is 10.2. The lowest BCUT2D eigenvalue weighted by Crippen LogP contribution is -2.48. The van der Waals surface area contributed by atoms with Gasteiger partial charge < -0.3 is 15.8 Å². The van der Waals surface area contributed by atoms with Crippen molar-refractivity contribution in [1.82, 2.24) is 20.2 Å². The third-order valence-corrected chi connectivity index (χ3v) is 4.20. The van der Waals surface area contributed by atoms with Gasteiger partial charge in [-0.15, -0.1) is 0 Å². The molecule has 1 aliphatic rings. The number of anilines is 1. The number of hydrogen-bond donors (Lipinski definition) is 2. The van der Waals surface area contributed by atoms with Gasteiger partial charge >= 0.3 is 0 Å². The van der Waals surface area contributed by atoms with Gasteiger partial charge in [-0.25, -0.2) is 9.97 Å². The SMILES string of the molecule is CN1CCO[C@@H](CNC(=O)c2cncnc2N)[C@@H]1c1ccccc1. The topological polar surface area (TPSA) is 93.4 Å². The average Bonchev–Trinajstić information content (AvgIpc) is 2.61. The summed E-state index contributed by atoms with van der Waals surface area (Å²) in [6.07, 6.45) is 2.60. The second kappa shape index (κ2) is 7.37. The van der Waals surface area contributed by atoms with Crippen LogP contribution in [0.3, 0.4) is 0 Å². The van der Waals surface area contributed by atoms with E-state index in [0.717, 1.165) is 6.54 Å². The van der Waals surface area contributed by atoms with Gasteiger partial charge in [-0.05, 0) is 12.6 Å². The average molecular weight is 327 g/mol. The number of rotatable bonds is 4. The van der Waals surface area contributed by atoms with Gasteiger partial charge in [-0.3, -0.25) is 9.69 Å². The Bertz CT molecular complexity index is 694. The number of carbonyl (C=O) groups excluding carboxylic acids is 1. The molecule has 2 heterocycles. The number of likely N-dealkylation sites (N-methyl/N-ethyl adjacent to an activating group) is 1. The molecule has 126 valence electrons. The molecule has 0 unspecified atom stereocenters. The Hall–Kier alpha value is -2.51. The van der Waals surface area contributed by atoms with Gasteiger partial charge in [0.15, 0.2) is 0 Å². The molecule has 7 heteroatoms. The molecule has 0 bridgehead atoms. The van der Waals surface area contributed by atoms with Crippen LogP contribution in [0.15, 0.2) is 42.9 Å². The zero-order valence-electron chi connectivity index (χ0n) is 13.6. The highest BCUT2D eigenvalue weighted by Gasteiger charge is 2.31. The molecule has 7 nitrogen and oxygen atoms in total. The molecule has 1 saturated heterocycles. The number of hydrogen-bond acceptors (Lipinski definition) is 6. The van der Waals surface area contributed by atoms with Gasteiger partial charge in [0.2, 0.25) is 0 Å². The van der Waals surface area contributed by atoms with Crippen molar-refractivity contribution in [2.24, 2.45) is 0 Å². The van der Waals surface area contributed by atoms with Crippen molar-refractivity contribution in [3.63, 3.8) is 0 Å². The maximum absolute atomic E-state index is 12.3. The minimum absolute atomic E-state index is 0.0876. The lowest BCUT2D eigenvalue weighted by molar-refractivity contribution is -0.0605. The molecule has 1 aromatic heterocycles. The molecular weight excluding hydrogens is 306 g/mol. The van der Waals surface area contributed by atoms with Crippen LogP contribution in [-0.4, -0.2) is 53.6 Å². The van der Waals surface area contributed by atoms with Crippen LogP contribution < -0.4 is 11.1 Å². The predicted molar refractivity (Wildman–Crippen MR) is 90.3 cm³/mol. The number of nitrogens with zero attached hydrogens (tertiary/aromatic N) is 3. The van der Waals surface area contributed by atoms with E-state index >= 15 is 0 Å². The van der Waals surface area contributed by atoms with Crippen LogP contribution in [0.25, 0.3) is 0 Å². The van der Waals surface area contributed by atoms with E-state index in [0.29, 0.717) is 13.2 Å². The summed E-state index contributed by atoms with van der Waals surface area (Å²) in [5.74, 6) is -0.125. The highest BCUT2D eigenvalue weighted by Crippen LogP contribution is 2.27. The number of nitrogens with one attached hydrogen (secondary N) is 1. The van der Waals surface area contributed by atoms with Crippen molar-refractivity contribution in [2.75, 3.05) is 32.5 Å². The van der Waals surface area contributed by atoms with E-state index in [1.807, 2.05) is 18.2 Å². The maximum Gasteiger partial charge on any atom is 0.256 e. The number of morpholine rings is 1. The molecule has 0 spiro atoms. The number of benzene rings is 1. The second-order valence-corrected chi connectivity index (χ2v) is 5.78. The molecule has 1 amide bonds. The third-order valence-electron chi connectivity index (χ3n) is 4.20. The summed E-state index contributed by atoms with van der Waals surface area (Å²) in [7, 11) is 2.07. The van der Waals surface area contributed by atoms with Crippen molar-refractivity contribution in [3.05, 3.63) is 54.0 Å². The van der Waals surface area contributed by atoms with Crippen molar-refractivity contribution in [1.29, 1.82) is 0 Å².